The van der Waals surface area contributed by atoms with E-state index in [1.54, 1.807) is 31.6 Å². The Hall–Kier alpha value is -2.47. The maximum Gasteiger partial charge on any atom is 0.223 e. The van der Waals surface area contributed by atoms with Crippen molar-refractivity contribution in [2.24, 2.45) is 11.3 Å². The lowest BCUT2D eigenvalue weighted by Crippen LogP contribution is -2.36. The summed E-state index contributed by atoms with van der Waals surface area (Å²) in [5.41, 5.74) is 1.82. The van der Waals surface area contributed by atoms with Gasteiger partial charge >= 0.3 is 0 Å². The molecule has 0 radical (unpaired) electrons. The summed E-state index contributed by atoms with van der Waals surface area (Å²) in [5.74, 6) is 0.744. The maximum atomic E-state index is 14.1. The molecule has 148 valence electrons. The van der Waals surface area contributed by atoms with E-state index in [0.717, 1.165) is 37.9 Å². The maximum absolute atomic E-state index is 14.1. The molecule has 1 aromatic carbocycles. The highest BCUT2D eigenvalue weighted by atomic mass is 19.1. The number of carbonyl (C=O) groups is 1. The number of halogens is 1. The van der Waals surface area contributed by atoms with Crippen LogP contribution in [0.4, 0.5) is 4.39 Å². The van der Waals surface area contributed by atoms with Gasteiger partial charge in [-0.05, 0) is 67.6 Å². The molecule has 5 nitrogen and oxygen atoms in total. The third-order valence-corrected chi connectivity index (χ3v) is 6.19. The smallest absolute Gasteiger partial charge is 0.223 e. The highest BCUT2D eigenvalue weighted by Crippen LogP contribution is 2.59. The minimum Gasteiger partial charge on any atom is -0.497 e. The normalized spacial score (nSPS) is 20.7. The van der Waals surface area contributed by atoms with E-state index in [9.17, 15) is 9.18 Å². The number of amides is 1. The van der Waals surface area contributed by atoms with Crippen molar-refractivity contribution in [1.29, 1.82) is 0 Å². The highest BCUT2D eigenvalue weighted by molar-refractivity contribution is 5.82. The molecule has 2 fully saturated rings. The fraction of sp³-hybridized carbons (Fsp3) is 0.455. The predicted molar refractivity (Wildman–Crippen MR) is 104 cm³/mol. The molecule has 1 aromatic heterocycles. The van der Waals surface area contributed by atoms with E-state index in [1.165, 1.54) is 6.07 Å². The van der Waals surface area contributed by atoms with E-state index >= 15 is 0 Å². The van der Waals surface area contributed by atoms with E-state index < -0.39 is 0 Å². The molecule has 2 aromatic rings. The summed E-state index contributed by atoms with van der Waals surface area (Å²) < 4.78 is 19.3. The monoisotopic (exact) mass is 383 g/mol. The minimum absolute atomic E-state index is 0.111. The van der Waals surface area contributed by atoms with Gasteiger partial charge in [0.15, 0.2) is 0 Å². The molecular formula is C22H26FN3O2. The molecule has 1 saturated carbocycles. The first-order valence-electron chi connectivity index (χ1n) is 9.81. The zero-order valence-corrected chi connectivity index (χ0v) is 16.2. The van der Waals surface area contributed by atoms with Gasteiger partial charge in [0.1, 0.15) is 11.6 Å². The number of carbonyl (C=O) groups excluding carboxylic acids is 1. The Morgan fingerprint density at radius 3 is 2.89 bits per heavy atom. The van der Waals surface area contributed by atoms with Crippen LogP contribution in [0.25, 0.3) is 0 Å². The molecule has 1 amide bonds. The van der Waals surface area contributed by atoms with Crippen LogP contribution in [0, 0.1) is 17.2 Å². The third-order valence-electron chi connectivity index (χ3n) is 6.19. The molecule has 2 heterocycles. The van der Waals surface area contributed by atoms with Gasteiger partial charge in [0.25, 0.3) is 0 Å². The van der Waals surface area contributed by atoms with Gasteiger partial charge < -0.3 is 10.1 Å². The van der Waals surface area contributed by atoms with E-state index in [-0.39, 0.29) is 23.1 Å². The molecule has 1 aliphatic carbocycles. The first-order valence-corrected chi connectivity index (χ1v) is 9.81. The molecule has 6 heteroatoms. The lowest BCUT2D eigenvalue weighted by Gasteiger charge is -2.33. The van der Waals surface area contributed by atoms with Crippen LogP contribution >= 0.6 is 0 Å². The lowest BCUT2D eigenvalue weighted by molar-refractivity contribution is -0.123. The molecule has 1 N–H and O–H groups in total. The van der Waals surface area contributed by atoms with Crippen LogP contribution < -0.4 is 10.1 Å². The first kappa shape index (κ1) is 18.9. The Morgan fingerprint density at radius 1 is 1.36 bits per heavy atom. The number of hydrogen-bond donors (Lipinski definition) is 1. The van der Waals surface area contributed by atoms with E-state index in [4.69, 9.17) is 4.74 Å². The molecular weight excluding hydrogens is 357 g/mol. The average molecular weight is 383 g/mol. The van der Waals surface area contributed by atoms with Gasteiger partial charge in [0, 0.05) is 37.0 Å². The van der Waals surface area contributed by atoms with Crippen molar-refractivity contribution in [1.82, 2.24) is 15.2 Å². The van der Waals surface area contributed by atoms with Gasteiger partial charge in [0.2, 0.25) is 5.91 Å². The number of hydrogen-bond acceptors (Lipinski definition) is 4. The summed E-state index contributed by atoms with van der Waals surface area (Å²) in [4.78, 5) is 18.9. The van der Waals surface area contributed by atoms with Crippen molar-refractivity contribution < 1.29 is 13.9 Å². The summed E-state index contributed by atoms with van der Waals surface area (Å²) in [7, 11) is 1.59. The summed E-state index contributed by atoms with van der Waals surface area (Å²) in [6.45, 7) is 2.89. The van der Waals surface area contributed by atoms with Crippen molar-refractivity contribution >= 4 is 5.91 Å². The van der Waals surface area contributed by atoms with Crippen molar-refractivity contribution in [3.63, 3.8) is 0 Å². The number of aromatic nitrogens is 1. The summed E-state index contributed by atoms with van der Waals surface area (Å²) in [6.07, 6.45) is 6.45. The molecule has 1 atom stereocenters. The molecule has 28 heavy (non-hydrogen) atoms. The summed E-state index contributed by atoms with van der Waals surface area (Å²) in [6, 6.07) is 8.71. The number of rotatable bonds is 6. The number of ether oxygens (including phenoxy) is 1. The van der Waals surface area contributed by atoms with Crippen LogP contribution in [0.5, 0.6) is 5.75 Å². The third kappa shape index (κ3) is 4.02. The zero-order valence-electron chi connectivity index (χ0n) is 16.2. The van der Waals surface area contributed by atoms with Crippen LogP contribution in [0.1, 0.15) is 30.4 Å². The van der Waals surface area contributed by atoms with Gasteiger partial charge in [-0.1, -0.05) is 6.07 Å². The van der Waals surface area contributed by atoms with Gasteiger partial charge in [-0.15, -0.1) is 0 Å². The van der Waals surface area contributed by atoms with Gasteiger partial charge in [-0.3, -0.25) is 14.7 Å². The van der Waals surface area contributed by atoms with Gasteiger partial charge in [0.05, 0.1) is 7.11 Å². The van der Waals surface area contributed by atoms with Crippen LogP contribution in [0.2, 0.25) is 0 Å². The number of likely N-dealkylation sites (tertiary alicyclic amines) is 1. The molecule has 2 aliphatic rings. The second-order valence-electron chi connectivity index (χ2n) is 7.93. The fourth-order valence-electron chi connectivity index (χ4n) is 4.28. The van der Waals surface area contributed by atoms with Crippen molar-refractivity contribution in [2.75, 3.05) is 20.2 Å². The van der Waals surface area contributed by atoms with Crippen molar-refractivity contribution in [3.05, 3.63) is 59.7 Å². The fourth-order valence-corrected chi connectivity index (χ4v) is 4.28. The number of benzene rings is 1. The summed E-state index contributed by atoms with van der Waals surface area (Å²) >= 11 is 0. The zero-order chi connectivity index (χ0) is 19.6. The minimum atomic E-state index is -0.194. The van der Waals surface area contributed by atoms with Gasteiger partial charge in [-0.25, -0.2) is 4.39 Å². The Morgan fingerprint density at radius 2 is 2.18 bits per heavy atom. The Kier molecular flexibility index (Phi) is 5.31. The molecule has 1 spiro atoms. The molecule has 0 bridgehead atoms. The first-order chi connectivity index (χ1) is 13.6. The van der Waals surface area contributed by atoms with Crippen LogP contribution in [0.15, 0.2) is 42.7 Å². The molecule has 4 rings (SSSR count). The Balaban J connectivity index is 1.27. The number of pyridine rings is 1. The number of methoxy groups -OCH3 is 1. The molecule has 1 unspecified atom stereocenters. The standard InChI is InChI=1S/C22H26FN3O2/c1-28-18-4-5-20(23)17(11-18)15-26-9-6-22(7-10-26)12-19(22)21(27)25-14-16-3-2-8-24-13-16/h2-5,8,11,13,19H,6-7,9-10,12,14-15H2,1H3,(H,25,27). The largest absolute Gasteiger partial charge is 0.497 e. The van der Waals surface area contributed by atoms with Crippen LogP contribution in [-0.4, -0.2) is 36.0 Å². The van der Waals surface area contributed by atoms with Crippen LogP contribution in [-0.2, 0) is 17.9 Å². The Labute approximate surface area is 164 Å². The SMILES string of the molecule is COc1ccc(F)c(CN2CCC3(CC2)CC3C(=O)NCc2cccnc2)c1. The molecule has 1 aliphatic heterocycles. The second kappa shape index (κ2) is 7.87. The van der Waals surface area contributed by atoms with Crippen molar-refractivity contribution in [3.8, 4) is 5.75 Å². The van der Waals surface area contributed by atoms with Gasteiger partial charge in [-0.2, -0.15) is 0 Å². The van der Waals surface area contributed by atoms with E-state index in [2.05, 4.69) is 15.2 Å². The second-order valence-corrected chi connectivity index (χ2v) is 7.93. The van der Waals surface area contributed by atoms with E-state index in [1.807, 2.05) is 12.1 Å². The number of nitrogens with zero attached hydrogens (tertiary/aromatic N) is 2. The van der Waals surface area contributed by atoms with Crippen LogP contribution in [0.3, 0.4) is 0 Å². The number of piperidine rings is 1. The predicted octanol–water partition coefficient (Wildman–Crippen LogP) is 3.15. The van der Waals surface area contributed by atoms with E-state index in [0.29, 0.717) is 24.4 Å². The lowest BCUT2D eigenvalue weighted by atomic mass is 9.90. The molecule has 1 saturated heterocycles. The quantitative estimate of drug-likeness (QED) is 0.833. The topological polar surface area (TPSA) is 54.5 Å². The number of nitrogens with one attached hydrogen (secondary N) is 1. The van der Waals surface area contributed by atoms with Crippen molar-refractivity contribution in [2.45, 2.75) is 32.4 Å². The highest BCUT2D eigenvalue weighted by Gasteiger charge is 2.58. The summed E-state index contributed by atoms with van der Waals surface area (Å²) in [5, 5.41) is 3.05. The Bertz CT molecular complexity index is 835. The average Bonchev–Trinajstić information content (AvgIpc) is 3.44.